The molecule has 1 saturated heterocycles. The number of rotatable bonds is 3. The molecule has 1 aliphatic rings. The second-order valence-corrected chi connectivity index (χ2v) is 4.36. The van der Waals surface area contributed by atoms with E-state index in [1.54, 1.807) is 0 Å². The molecule has 1 atom stereocenters. The van der Waals surface area contributed by atoms with Crippen LogP contribution in [0.5, 0.6) is 0 Å². The van der Waals surface area contributed by atoms with Crippen LogP contribution in [0.1, 0.15) is 29.8 Å². The Morgan fingerprint density at radius 1 is 1.53 bits per heavy atom. The van der Waals surface area contributed by atoms with E-state index in [2.05, 4.69) is 22.0 Å². The van der Waals surface area contributed by atoms with E-state index in [-0.39, 0.29) is 6.61 Å². The SMILES string of the molecule is Cc1n[nH]c(C)c1CN1CCC[C@@H]1CO. The Labute approximate surface area is 90.3 Å². The van der Waals surface area contributed by atoms with Gasteiger partial charge in [0, 0.05) is 23.8 Å². The lowest BCUT2D eigenvalue weighted by molar-refractivity contribution is 0.153. The third kappa shape index (κ3) is 2.06. The summed E-state index contributed by atoms with van der Waals surface area (Å²) in [5.41, 5.74) is 3.52. The standard InChI is InChI=1S/C11H19N3O/c1-8-11(9(2)13-12-8)6-14-5-3-4-10(14)7-15/h10,15H,3-7H2,1-2H3,(H,12,13)/t10-/m1/s1. The van der Waals surface area contributed by atoms with Crippen LogP contribution in [-0.4, -0.2) is 39.4 Å². The molecule has 1 aromatic rings. The maximum Gasteiger partial charge on any atom is 0.0639 e. The maximum absolute atomic E-state index is 9.24. The van der Waals surface area contributed by atoms with Crippen molar-refractivity contribution in [2.24, 2.45) is 0 Å². The summed E-state index contributed by atoms with van der Waals surface area (Å²) in [6, 6.07) is 0.346. The minimum atomic E-state index is 0.274. The van der Waals surface area contributed by atoms with Crippen LogP contribution in [0.4, 0.5) is 0 Å². The van der Waals surface area contributed by atoms with Crippen molar-refractivity contribution in [2.45, 2.75) is 39.3 Å². The number of aliphatic hydroxyl groups excluding tert-OH is 1. The van der Waals surface area contributed by atoms with Crippen molar-refractivity contribution in [3.63, 3.8) is 0 Å². The Kier molecular flexibility index (Phi) is 3.07. The van der Waals surface area contributed by atoms with Crippen molar-refractivity contribution in [3.05, 3.63) is 17.0 Å². The summed E-state index contributed by atoms with van der Waals surface area (Å²) in [5.74, 6) is 0. The first-order chi connectivity index (χ1) is 7.22. The minimum absolute atomic E-state index is 0.274. The number of likely N-dealkylation sites (tertiary alicyclic amines) is 1. The Hall–Kier alpha value is -0.870. The quantitative estimate of drug-likeness (QED) is 0.780. The van der Waals surface area contributed by atoms with E-state index in [1.165, 1.54) is 12.0 Å². The van der Waals surface area contributed by atoms with Crippen LogP contribution in [0, 0.1) is 13.8 Å². The van der Waals surface area contributed by atoms with E-state index in [0.717, 1.165) is 30.9 Å². The third-order valence-corrected chi connectivity index (χ3v) is 3.35. The Balaban J connectivity index is 2.08. The highest BCUT2D eigenvalue weighted by molar-refractivity contribution is 5.23. The molecule has 0 saturated carbocycles. The number of nitrogens with zero attached hydrogens (tertiary/aromatic N) is 2. The second kappa shape index (κ2) is 4.33. The lowest BCUT2D eigenvalue weighted by atomic mass is 10.1. The van der Waals surface area contributed by atoms with Crippen LogP contribution in [0.15, 0.2) is 0 Å². The normalized spacial score (nSPS) is 22.5. The smallest absolute Gasteiger partial charge is 0.0639 e. The maximum atomic E-state index is 9.24. The number of aromatic amines is 1. The lowest BCUT2D eigenvalue weighted by Crippen LogP contribution is -2.31. The van der Waals surface area contributed by atoms with Gasteiger partial charge in [-0.05, 0) is 33.2 Å². The number of H-pyrrole nitrogens is 1. The predicted molar refractivity (Wildman–Crippen MR) is 58.6 cm³/mol. The second-order valence-electron chi connectivity index (χ2n) is 4.36. The predicted octanol–water partition coefficient (Wildman–Crippen LogP) is 0.983. The number of aliphatic hydroxyl groups is 1. The van der Waals surface area contributed by atoms with Gasteiger partial charge in [0.1, 0.15) is 0 Å². The third-order valence-electron chi connectivity index (χ3n) is 3.35. The van der Waals surface area contributed by atoms with Crippen molar-refractivity contribution in [3.8, 4) is 0 Å². The molecule has 0 spiro atoms. The molecule has 2 rings (SSSR count). The fraction of sp³-hybridized carbons (Fsp3) is 0.727. The molecule has 0 bridgehead atoms. The van der Waals surface area contributed by atoms with Crippen LogP contribution >= 0.6 is 0 Å². The van der Waals surface area contributed by atoms with Gasteiger partial charge in [0.15, 0.2) is 0 Å². The van der Waals surface area contributed by atoms with E-state index < -0.39 is 0 Å². The average molecular weight is 209 g/mol. The topological polar surface area (TPSA) is 52.2 Å². The van der Waals surface area contributed by atoms with E-state index >= 15 is 0 Å². The number of hydrogen-bond acceptors (Lipinski definition) is 3. The highest BCUT2D eigenvalue weighted by atomic mass is 16.3. The number of nitrogens with one attached hydrogen (secondary N) is 1. The van der Waals surface area contributed by atoms with Gasteiger partial charge in [-0.15, -0.1) is 0 Å². The zero-order chi connectivity index (χ0) is 10.8. The van der Waals surface area contributed by atoms with E-state index in [9.17, 15) is 5.11 Å². The Morgan fingerprint density at radius 2 is 2.33 bits per heavy atom. The largest absolute Gasteiger partial charge is 0.395 e. The molecule has 2 N–H and O–H groups in total. The molecular weight excluding hydrogens is 190 g/mol. The van der Waals surface area contributed by atoms with E-state index in [1.807, 2.05) is 6.92 Å². The summed E-state index contributed by atoms with van der Waals surface area (Å²) in [7, 11) is 0. The molecule has 0 aliphatic carbocycles. The lowest BCUT2D eigenvalue weighted by Gasteiger charge is -2.22. The minimum Gasteiger partial charge on any atom is -0.395 e. The van der Waals surface area contributed by atoms with Gasteiger partial charge >= 0.3 is 0 Å². The highest BCUT2D eigenvalue weighted by Gasteiger charge is 2.24. The van der Waals surface area contributed by atoms with Crippen molar-refractivity contribution in [2.75, 3.05) is 13.2 Å². The molecule has 0 aromatic carbocycles. The van der Waals surface area contributed by atoms with Crippen molar-refractivity contribution < 1.29 is 5.11 Å². The van der Waals surface area contributed by atoms with Gasteiger partial charge in [0.25, 0.3) is 0 Å². The Morgan fingerprint density at radius 3 is 2.93 bits per heavy atom. The van der Waals surface area contributed by atoms with Crippen molar-refractivity contribution >= 4 is 0 Å². The molecule has 4 heteroatoms. The van der Waals surface area contributed by atoms with Gasteiger partial charge in [0.2, 0.25) is 0 Å². The first-order valence-corrected chi connectivity index (χ1v) is 5.57. The van der Waals surface area contributed by atoms with Crippen LogP contribution in [0.3, 0.4) is 0 Å². The van der Waals surface area contributed by atoms with Gasteiger partial charge in [-0.3, -0.25) is 10.00 Å². The average Bonchev–Trinajstić information content (AvgIpc) is 2.79. The van der Waals surface area contributed by atoms with Gasteiger partial charge in [-0.2, -0.15) is 5.10 Å². The van der Waals surface area contributed by atoms with Crippen LogP contribution in [0.2, 0.25) is 0 Å². The molecule has 0 radical (unpaired) electrons. The molecule has 1 aromatic heterocycles. The number of aromatic nitrogens is 2. The zero-order valence-corrected chi connectivity index (χ0v) is 9.45. The van der Waals surface area contributed by atoms with E-state index in [0.29, 0.717) is 6.04 Å². The molecule has 15 heavy (non-hydrogen) atoms. The molecule has 4 nitrogen and oxygen atoms in total. The summed E-state index contributed by atoms with van der Waals surface area (Å²) in [6.07, 6.45) is 2.31. The summed E-state index contributed by atoms with van der Waals surface area (Å²) in [6.45, 7) is 6.37. The van der Waals surface area contributed by atoms with Gasteiger partial charge in [-0.1, -0.05) is 0 Å². The van der Waals surface area contributed by atoms with Crippen LogP contribution < -0.4 is 0 Å². The fourth-order valence-corrected chi connectivity index (χ4v) is 2.32. The first kappa shape index (κ1) is 10.6. The monoisotopic (exact) mass is 209 g/mol. The summed E-state index contributed by atoms with van der Waals surface area (Å²) < 4.78 is 0. The van der Waals surface area contributed by atoms with Crippen molar-refractivity contribution in [1.29, 1.82) is 0 Å². The van der Waals surface area contributed by atoms with Gasteiger partial charge in [-0.25, -0.2) is 0 Å². The van der Waals surface area contributed by atoms with E-state index in [4.69, 9.17) is 0 Å². The fourth-order valence-electron chi connectivity index (χ4n) is 2.32. The van der Waals surface area contributed by atoms with Crippen LogP contribution in [-0.2, 0) is 6.54 Å². The van der Waals surface area contributed by atoms with Gasteiger partial charge < -0.3 is 5.11 Å². The molecule has 84 valence electrons. The number of aryl methyl sites for hydroxylation is 2. The molecular formula is C11H19N3O. The summed E-state index contributed by atoms with van der Waals surface area (Å²) in [4.78, 5) is 2.35. The zero-order valence-electron chi connectivity index (χ0n) is 9.45. The molecule has 1 aliphatic heterocycles. The molecule has 0 amide bonds. The summed E-state index contributed by atoms with van der Waals surface area (Å²) in [5, 5.41) is 16.4. The van der Waals surface area contributed by atoms with Gasteiger partial charge in [0.05, 0.1) is 12.3 Å². The Bertz CT molecular complexity index is 315. The van der Waals surface area contributed by atoms with Crippen LogP contribution in [0.25, 0.3) is 0 Å². The molecule has 2 heterocycles. The highest BCUT2D eigenvalue weighted by Crippen LogP contribution is 2.21. The van der Waals surface area contributed by atoms with Crippen molar-refractivity contribution in [1.82, 2.24) is 15.1 Å². The summed E-state index contributed by atoms with van der Waals surface area (Å²) >= 11 is 0. The molecule has 0 unspecified atom stereocenters. The molecule has 1 fully saturated rings. The number of hydrogen-bond donors (Lipinski definition) is 2. The first-order valence-electron chi connectivity index (χ1n) is 5.57.